The fourth-order valence-corrected chi connectivity index (χ4v) is 2.34. The number of carbonyl (C=O) groups is 2. The topological polar surface area (TPSA) is 67.2 Å². The van der Waals surface area contributed by atoms with Crippen molar-refractivity contribution in [1.82, 2.24) is 14.7 Å². The van der Waals surface area contributed by atoms with E-state index in [2.05, 4.69) is 10.4 Å². The third kappa shape index (κ3) is 4.18. The second-order valence-corrected chi connectivity index (χ2v) is 5.88. The van der Waals surface area contributed by atoms with Gasteiger partial charge in [-0.3, -0.25) is 14.3 Å². The molecule has 1 N–H and O–H groups in total. The molecule has 1 heterocycles. The molecule has 2 amide bonds. The van der Waals surface area contributed by atoms with Crippen LogP contribution in [0.3, 0.4) is 0 Å². The number of hydrogen-bond donors (Lipinski definition) is 1. The fraction of sp³-hybridized carbons (Fsp3) is 0.353. The number of anilines is 1. The SMILES string of the molecule is Cc1cc(C(=O)N(CC(=O)Nc2ccc(F)cc2)C(C)C)n(C)n1. The van der Waals surface area contributed by atoms with Gasteiger partial charge in [-0.05, 0) is 51.1 Å². The van der Waals surface area contributed by atoms with E-state index in [0.717, 1.165) is 5.69 Å². The Hall–Kier alpha value is -2.70. The maximum Gasteiger partial charge on any atom is 0.272 e. The number of hydrogen-bond acceptors (Lipinski definition) is 3. The Bertz CT molecular complexity index is 738. The summed E-state index contributed by atoms with van der Waals surface area (Å²) < 4.78 is 14.4. The number of rotatable bonds is 5. The van der Waals surface area contributed by atoms with Crippen molar-refractivity contribution in [3.63, 3.8) is 0 Å². The van der Waals surface area contributed by atoms with Crippen LogP contribution in [0.15, 0.2) is 30.3 Å². The van der Waals surface area contributed by atoms with Gasteiger partial charge < -0.3 is 10.2 Å². The molecule has 128 valence electrons. The summed E-state index contributed by atoms with van der Waals surface area (Å²) in [5, 5.41) is 6.82. The van der Waals surface area contributed by atoms with Crippen LogP contribution in [0.25, 0.3) is 0 Å². The predicted octanol–water partition coefficient (Wildman–Crippen LogP) is 2.36. The number of benzene rings is 1. The summed E-state index contributed by atoms with van der Waals surface area (Å²) in [4.78, 5) is 26.4. The molecule has 0 unspecified atom stereocenters. The van der Waals surface area contributed by atoms with E-state index >= 15 is 0 Å². The number of nitrogens with one attached hydrogen (secondary N) is 1. The van der Waals surface area contributed by atoms with E-state index in [9.17, 15) is 14.0 Å². The molecular formula is C17H21FN4O2. The number of aryl methyl sites for hydroxylation is 2. The van der Waals surface area contributed by atoms with Gasteiger partial charge in [-0.25, -0.2) is 4.39 Å². The molecule has 0 aliphatic rings. The Labute approximate surface area is 140 Å². The van der Waals surface area contributed by atoms with E-state index in [0.29, 0.717) is 11.4 Å². The maximum absolute atomic E-state index is 12.9. The zero-order valence-corrected chi connectivity index (χ0v) is 14.2. The van der Waals surface area contributed by atoms with Gasteiger partial charge in [-0.15, -0.1) is 0 Å². The smallest absolute Gasteiger partial charge is 0.272 e. The number of amides is 2. The lowest BCUT2D eigenvalue weighted by molar-refractivity contribution is -0.117. The first-order valence-electron chi connectivity index (χ1n) is 7.65. The highest BCUT2D eigenvalue weighted by Gasteiger charge is 2.24. The summed E-state index contributed by atoms with van der Waals surface area (Å²) in [5.41, 5.74) is 1.64. The molecule has 0 radical (unpaired) electrons. The lowest BCUT2D eigenvalue weighted by Crippen LogP contribution is -2.43. The molecule has 0 atom stereocenters. The lowest BCUT2D eigenvalue weighted by atomic mass is 10.2. The van der Waals surface area contributed by atoms with Crippen molar-refractivity contribution in [1.29, 1.82) is 0 Å². The van der Waals surface area contributed by atoms with E-state index in [1.54, 1.807) is 20.0 Å². The summed E-state index contributed by atoms with van der Waals surface area (Å²) in [5.74, 6) is -0.983. The third-order valence-corrected chi connectivity index (χ3v) is 3.55. The van der Waals surface area contributed by atoms with Gasteiger partial charge >= 0.3 is 0 Å². The molecule has 2 aromatic rings. The maximum atomic E-state index is 12.9. The first-order valence-corrected chi connectivity index (χ1v) is 7.65. The molecule has 0 bridgehead atoms. The standard InChI is InChI=1S/C17H21FN4O2/c1-11(2)22(17(24)15-9-12(3)20-21(15)4)10-16(23)19-14-7-5-13(18)6-8-14/h5-9,11H,10H2,1-4H3,(H,19,23). The lowest BCUT2D eigenvalue weighted by Gasteiger charge is -2.26. The van der Waals surface area contributed by atoms with Gasteiger partial charge in [0, 0.05) is 18.8 Å². The number of aromatic nitrogens is 2. The molecule has 7 heteroatoms. The fourth-order valence-electron chi connectivity index (χ4n) is 2.34. The van der Waals surface area contributed by atoms with Gasteiger partial charge in [0.15, 0.2) is 0 Å². The van der Waals surface area contributed by atoms with Crippen LogP contribution < -0.4 is 5.32 Å². The normalized spacial score (nSPS) is 10.8. The summed E-state index contributed by atoms with van der Waals surface area (Å²) in [6.07, 6.45) is 0. The van der Waals surface area contributed by atoms with Crippen molar-refractivity contribution in [3.8, 4) is 0 Å². The van der Waals surface area contributed by atoms with Crippen LogP contribution in [0.4, 0.5) is 10.1 Å². The average Bonchev–Trinajstić information content (AvgIpc) is 2.85. The average molecular weight is 332 g/mol. The molecule has 0 saturated carbocycles. The second-order valence-electron chi connectivity index (χ2n) is 5.88. The van der Waals surface area contributed by atoms with Gasteiger partial charge in [-0.2, -0.15) is 5.10 Å². The first-order chi connectivity index (χ1) is 11.3. The van der Waals surface area contributed by atoms with Gasteiger partial charge in [-0.1, -0.05) is 0 Å². The van der Waals surface area contributed by atoms with E-state index in [-0.39, 0.29) is 30.2 Å². The molecule has 0 spiro atoms. The van der Waals surface area contributed by atoms with Crippen molar-refractivity contribution in [2.24, 2.45) is 7.05 Å². The minimum absolute atomic E-state index is 0.0991. The summed E-state index contributed by atoms with van der Waals surface area (Å²) >= 11 is 0. The largest absolute Gasteiger partial charge is 0.326 e. The van der Waals surface area contributed by atoms with Crippen LogP contribution in [-0.2, 0) is 11.8 Å². The summed E-state index contributed by atoms with van der Waals surface area (Å²) in [7, 11) is 1.69. The monoisotopic (exact) mass is 332 g/mol. The molecule has 2 rings (SSSR count). The summed E-state index contributed by atoms with van der Waals surface area (Å²) in [6, 6.07) is 7.00. The van der Waals surface area contributed by atoms with Crippen LogP contribution in [-0.4, -0.2) is 39.1 Å². The second kappa shape index (κ2) is 7.25. The van der Waals surface area contributed by atoms with Crippen molar-refractivity contribution in [2.75, 3.05) is 11.9 Å². The van der Waals surface area contributed by atoms with Crippen LogP contribution in [0.1, 0.15) is 30.0 Å². The Morgan fingerprint density at radius 2 is 1.92 bits per heavy atom. The Morgan fingerprint density at radius 1 is 1.29 bits per heavy atom. The minimum atomic E-state index is -0.376. The van der Waals surface area contributed by atoms with E-state index < -0.39 is 0 Å². The van der Waals surface area contributed by atoms with Crippen LogP contribution in [0, 0.1) is 12.7 Å². The molecule has 0 fully saturated rings. The molecule has 0 aliphatic carbocycles. The zero-order chi connectivity index (χ0) is 17.9. The van der Waals surface area contributed by atoms with E-state index in [1.165, 1.54) is 33.8 Å². The van der Waals surface area contributed by atoms with Gasteiger partial charge in [0.25, 0.3) is 5.91 Å². The minimum Gasteiger partial charge on any atom is -0.326 e. The van der Waals surface area contributed by atoms with Crippen molar-refractivity contribution >= 4 is 17.5 Å². The van der Waals surface area contributed by atoms with E-state index in [1.807, 2.05) is 13.8 Å². The van der Waals surface area contributed by atoms with Crippen molar-refractivity contribution in [2.45, 2.75) is 26.8 Å². The highest BCUT2D eigenvalue weighted by Crippen LogP contribution is 2.12. The number of carbonyl (C=O) groups excluding carboxylic acids is 2. The first kappa shape index (κ1) is 17.7. The Morgan fingerprint density at radius 3 is 2.42 bits per heavy atom. The molecule has 0 aliphatic heterocycles. The van der Waals surface area contributed by atoms with E-state index in [4.69, 9.17) is 0 Å². The van der Waals surface area contributed by atoms with Crippen molar-refractivity contribution in [3.05, 3.63) is 47.5 Å². The molecular weight excluding hydrogens is 311 g/mol. The summed E-state index contributed by atoms with van der Waals surface area (Å²) in [6.45, 7) is 5.38. The molecule has 6 nitrogen and oxygen atoms in total. The highest BCUT2D eigenvalue weighted by molar-refractivity contribution is 5.98. The Balaban J connectivity index is 2.10. The predicted molar refractivity (Wildman–Crippen MR) is 89.1 cm³/mol. The third-order valence-electron chi connectivity index (χ3n) is 3.55. The molecule has 1 aromatic heterocycles. The van der Waals surface area contributed by atoms with Gasteiger partial charge in [0.1, 0.15) is 18.1 Å². The zero-order valence-electron chi connectivity index (χ0n) is 14.2. The quantitative estimate of drug-likeness (QED) is 0.914. The number of nitrogens with zero attached hydrogens (tertiary/aromatic N) is 3. The molecule has 0 saturated heterocycles. The highest BCUT2D eigenvalue weighted by atomic mass is 19.1. The van der Waals surface area contributed by atoms with Gasteiger partial charge in [0.05, 0.1) is 5.69 Å². The van der Waals surface area contributed by atoms with Crippen LogP contribution >= 0.6 is 0 Å². The van der Waals surface area contributed by atoms with Crippen molar-refractivity contribution < 1.29 is 14.0 Å². The van der Waals surface area contributed by atoms with Crippen LogP contribution in [0.5, 0.6) is 0 Å². The van der Waals surface area contributed by atoms with Crippen LogP contribution in [0.2, 0.25) is 0 Å². The Kier molecular flexibility index (Phi) is 5.33. The number of halogens is 1. The molecule has 1 aromatic carbocycles. The molecule has 24 heavy (non-hydrogen) atoms. The van der Waals surface area contributed by atoms with Gasteiger partial charge in [0.2, 0.25) is 5.91 Å².